The minimum absolute atomic E-state index is 0.297. The number of carbonyl (C=O) groups is 1. The standard InChI is InChI=1S/C15H10Cl2N2O4S/c16-9-5-10(17)7-11(6-9)18-14(20)8-24(21,22)15-19-12-3-1-2-4-13(12)23-15/h1-7H,8H2,(H,18,20). The van der Waals surface area contributed by atoms with Crippen molar-refractivity contribution in [3.05, 3.63) is 52.5 Å². The number of rotatable bonds is 4. The average molecular weight is 385 g/mol. The molecule has 0 aliphatic carbocycles. The van der Waals surface area contributed by atoms with E-state index in [4.69, 9.17) is 27.6 Å². The molecular formula is C15H10Cl2N2O4S. The van der Waals surface area contributed by atoms with Crippen LogP contribution < -0.4 is 5.32 Å². The second-order valence-electron chi connectivity index (χ2n) is 4.91. The van der Waals surface area contributed by atoms with Gasteiger partial charge in [-0.1, -0.05) is 35.3 Å². The van der Waals surface area contributed by atoms with Crippen LogP contribution in [0.3, 0.4) is 0 Å². The zero-order chi connectivity index (χ0) is 17.3. The maximum absolute atomic E-state index is 12.3. The highest BCUT2D eigenvalue weighted by Crippen LogP contribution is 2.23. The van der Waals surface area contributed by atoms with Crippen molar-refractivity contribution in [2.24, 2.45) is 0 Å². The van der Waals surface area contributed by atoms with Gasteiger partial charge in [0.05, 0.1) is 0 Å². The first-order valence-corrected chi connectivity index (χ1v) is 9.08. The molecule has 0 saturated heterocycles. The van der Waals surface area contributed by atoms with Gasteiger partial charge in [-0.05, 0) is 30.3 Å². The highest BCUT2D eigenvalue weighted by Gasteiger charge is 2.25. The molecule has 1 amide bonds. The van der Waals surface area contributed by atoms with Crippen LogP contribution in [0, 0.1) is 0 Å². The van der Waals surface area contributed by atoms with E-state index in [2.05, 4.69) is 10.3 Å². The van der Waals surface area contributed by atoms with E-state index in [1.54, 1.807) is 24.3 Å². The zero-order valence-electron chi connectivity index (χ0n) is 12.0. The predicted molar refractivity (Wildman–Crippen MR) is 91.2 cm³/mol. The Balaban J connectivity index is 1.79. The lowest BCUT2D eigenvalue weighted by atomic mass is 10.3. The molecule has 124 valence electrons. The van der Waals surface area contributed by atoms with Crippen LogP contribution in [-0.2, 0) is 14.6 Å². The third-order valence-corrected chi connectivity index (χ3v) is 4.79. The molecule has 3 rings (SSSR count). The molecule has 0 saturated carbocycles. The molecule has 24 heavy (non-hydrogen) atoms. The van der Waals surface area contributed by atoms with E-state index < -0.39 is 26.7 Å². The molecule has 0 bridgehead atoms. The third kappa shape index (κ3) is 3.69. The SMILES string of the molecule is O=C(CS(=O)(=O)c1nc2ccccc2o1)Nc1cc(Cl)cc(Cl)c1. The lowest BCUT2D eigenvalue weighted by Crippen LogP contribution is -2.23. The van der Waals surface area contributed by atoms with Crippen molar-refractivity contribution < 1.29 is 17.6 Å². The molecule has 1 heterocycles. The second kappa shape index (κ2) is 6.43. The summed E-state index contributed by atoms with van der Waals surface area (Å²) in [6, 6.07) is 11.0. The molecule has 0 atom stereocenters. The quantitative estimate of drug-likeness (QED) is 0.742. The van der Waals surface area contributed by atoms with E-state index in [0.29, 0.717) is 26.8 Å². The van der Waals surface area contributed by atoms with Crippen LogP contribution in [0.1, 0.15) is 0 Å². The Morgan fingerprint density at radius 2 is 1.79 bits per heavy atom. The van der Waals surface area contributed by atoms with Gasteiger partial charge in [0.25, 0.3) is 0 Å². The van der Waals surface area contributed by atoms with E-state index in [1.165, 1.54) is 18.2 Å². The van der Waals surface area contributed by atoms with Crippen LogP contribution in [-0.4, -0.2) is 25.1 Å². The molecule has 0 aliphatic rings. The lowest BCUT2D eigenvalue weighted by molar-refractivity contribution is -0.113. The van der Waals surface area contributed by atoms with E-state index in [9.17, 15) is 13.2 Å². The van der Waals surface area contributed by atoms with Crippen molar-refractivity contribution in [3.8, 4) is 0 Å². The summed E-state index contributed by atoms with van der Waals surface area (Å²) in [5.41, 5.74) is 1.03. The topological polar surface area (TPSA) is 89.3 Å². The van der Waals surface area contributed by atoms with Gasteiger partial charge in [-0.3, -0.25) is 4.79 Å². The molecule has 0 radical (unpaired) electrons. The molecule has 0 unspecified atom stereocenters. The summed E-state index contributed by atoms with van der Waals surface area (Å²) in [7, 11) is -4.02. The largest absolute Gasteiger partial charge is 0.428 e. The highest BCUT2D eigenvalue weighted by molar-refractivity contribution is 7.91. The van der Waals surface area contributed by atoms with Crippen molar-refractivity contribution >= 4 is 55.7 Å². The fourth-order valence-electron chi connectivity index (χ4n) is 2.04. The Morgan fingerprint density at radius 1 is 1.12 bits per heavy atom. The van der Waals surface area contributed by atoms with Crippen molar-refractivity contribution in [3.63, 3.8) is 0 Å². The Labute approximate surface area is 147 Å². The molecule has 3 aromatic rings. The average Bonchev–Trinajstić information content (AvgIpc) is 2.90. The highest BCUT2D eigenvalue weighted by atomic mass is 35.5. The number of benzene rings is 2. The molecular weight excluding hydrogens is 375 g/mol. The van der Waals surface area contributed by atoms with Gasteiger partial charge in [0, 0.05) is 15.7 Å². The van der Waals surface area contributed by atoms with E-state index in [-0.39, 0.29) is 0 Å². The Bertz CT molecular complexity index is 978. The molecule has 6 nitrogen and oxygen atoms in total. The monoisotopic (exact) mass is 384 g/mol. The normalized spacial score (nSPS) is 11.6. The van der Waals surface area contributed by atoms with Crippen LogP contribution >= 0.6 is 23.2 Å². The number of oxazole rings is 1. The number of nitrogens with one attached hydrogen (secondary N) is 1. The van der Waals surface area contributed by atoms with Crippen molar-refractivity contribution in [1.29, 1.82) is 0 Å². The van der Waals surface area contributed by atoms with E-state index in [0.717, 1.165) is 0 Å². The molecule has 1 aromatic heterocycles. The summed E-state index contributed by atoms with van der Waals surface area (Å²) in [6.45, 7) is 0. The second-order valence-corrected chi connectivity index (χ2v) is 7.65. The number of para-hydroxylation sites is 2. The Morgan fingerprint density at radius 3 is 2.46 bits per heavy atom. The van der Waals surface area contributed by atoms with Gasteiger partial charge in [0.1, 0.15) is 11.3 Å². The maximum Gasteiger partial charge on any atom is 0.316 e. The van der Waals surface area contributed by atoms with Crippen LogP contribution in [0.5, 0.6) is 0 Å². The first kappa shape index (κ1) is 16.8. The van der Waals surface area contributed by atoms with E-state index in [1.807, 2.05) is 0 Å². The summed E-state index contributed by atoms with van der Waals surface area (Å²) < 4.78 is 29.7. The number of sulfone groups is 1. The van der Waals surface area contributed by atoms with Crippen LogP contribution in [0.15, 0.2) is 52.1 Å². The Kier molecular flexibility index (Phi) is 4.49. The minimum Gasteiger partial charge on any atom is -0.428 e. The number of anilines is 1. The number of halogens is 2. The van der Waals surface area contributed by atoms with Gasteiger partial charge in [0.15, 0.2) is 5.58 Å². The number of carbonyl (C=O) groups excluding carboxylic acids is 1. The summed E-state index contributed by atoms with van der Waals surface area (Å²) in [6.07, 6.45) is 0. The fourth-order valence-corrected chi connectivity index (χ4v) is 3.56. The summed E-state index contributed by atoms with van der Waals surface area (Å²) in [5.74, 6) is -1.57. The van der Waals surface area contributed by atoms with Gasteiger partial charge in [-0.25, -0.2) is 8.42 Å². The Hall–Kier alpha value is -2.09. The predicted octanol–water partition coefficient (Wildman–Crippen LogP) is 3.55. The summed E-state index contributed by atoms with van der Waals surface area (Å²) in [5, 5.41) is 2.57. The van der Waals surface area contributed by atoms with E-state index >= 15 is 0 Å². The molecule has 0 fully saturated rings. The number of hydrogen-bond donors (Lipinski definition) is 1. The van der Waals surface area contributed by atoms with Gasteiger partial charge >= 0.3 is 5.22 Å². The van der Waals surface area contributed by atoms with Crippen LogP contribution in [0.4, 0.5) is 5.69 Å². The summed E-state index contributed by atoms with van der Waals surface area (Å²) >= 11 is 11.7. The number of hydrogen-bond acceptors (Lipinski definition) is 5. The number of fused-ring (bicyclic) bond motifs is 1. The smallest absolute Gasteiger partial charge is 0.316 e. The first-order chi connectivity index (χ1) is 11.3. The lowest BCUT2D eigenvalue weighted by Gasteiger charge is -2.05. The molecule has 2 aromatic carbocycles. The van der Waals surface area contributed by atoms with Gasteiger partial charge in [-0.2, -0.15) is 4.98 Å². The van der Waals surface area contributed by atoms with Gasteiger partial charge in [0.2, 0.25) is 15.7 Å². The number of aromatic nitrogens is 1. The van der Waals surface area contributed by atoms with Crippen LogP contribution in [0.2, 0.25) is 10.0 Å². The molecule has 9 heteroatoms. The third-order valence-electron chi connectivity index (χ3n) is 3.01. The van der Waals surface area contributed by atoms with Crippen LogP contribution in [0.25, 0.3) is 11.1 Å². The van der Waals surface area contributed by atoms with Gasteiger partial charge in [-0.15, -0.1) is 0 Å². The van der Waals surface area contributed by atoms with Gasteiger partial charge < -0.3 is 9.73 Å². The minimum atomic E-state index is -4.02. The molecule has 1 N–H and O–H groups in total. The number of nitrogens with zero attached hydrogens (tertiary/aromatic N) is 1. The van der Waals surface area contributed by atoms with Crippen molar-refractivity contribution in [1.82, 2.24) is 4.98 Å². The number of amides is 1. The fraction of sp³-hybridized carbons (Fsp3) is 0.0667. The maximum atomic E-state index is 12.3. The first-order valence-electron chi connectivity index (χ1n) is 6.68. The zero-order valence-corrected chi connectivity index (χ0v) is 14.3. The molecule has 0 spiro atoms. The van der Waals surface area contributed by atoms with Crippen molar-refractivity contribution in [2.45, 2.75) is 5.22 Å². The summed E-state index contributed by atoms with van der Waals surface area (Å²) in [4.78, 5) is 15.9. The van der Waals surface area contributed by atoms with Crippen molar-refractivity contribution in [2.75, 3.05) is 11.1 Å². The molecule has 0 aliphatic heterocycles.